The van der Waals surface area contributed by atoms with Crippen LogP contribution in [0, 0.1) is 0 Å². The number of alkyl halides is 1. The molecule has 6 heteroatoms. The monoisotopic (exact) mass is 465 g/mol. The molecule has 1 heterocycles. The summed E-state index contributed by atoms with van der Waals surface area (Å²) in [5, 5.41) is 3.02. The van der Waals surface area contributed by atoms with Gasteiger partial charge < -0.3 is 14.8 Å². The van der Waals surface area contributed by atoms with Crippen LogP contribution in [0.1, 0.15) is 51.2 Å². The van der Waals surface area contributed by atoms with Gasteiger partial charge in [0.1, 0.15) is 5.67 Å². The van der Waals surface area contributed by atoms with E-state index in [0.717, 1.165) is 22.0 Å². The van der Waals surface area contributed by atoms with Gasteiger partial charge in [-0.3, -0.25) is 4.79 Å². The molecule has 1 fully saturated rings. The molecule has 2 unspecified atom stereocenters. The minimum Gasteiger partial charge on any atom is -0.348 e. The Labute approximate surface area is 180 Å². The average Bonchev–Trinajstić information content (AvgIpc) is 2.62. The lowest BCUT2D eigenvalue weighted by molar-refractivity contribution is -0.271. The molecule has 1 amide bonds. The Morgan fingerprint density at radius 2 is 1.83 bits per heavy atom. The minimum atomic E-state index is -1.44. The van der Waals surface area contributed by atoms with Gasteiger partial charge in [-0.05, 0) is 50.8 Å². The number of benzene rings is 1. The van der Waals surface area contributed by atoms with Crippen molar-refractivity contribution < 1.29 is 18.7 Å². The first-order valence-electron chi connectivity index (χ1n) is 9.91. The van der Waals surface area contributed by atoms with E-state index < -0.39 is 17.0 Å². The SMILES string of the molecule is CC(=O)NC1(CCc2ccc(C3C=CC(Br)=CC3(C)F)cc2)COC(C)(C)OC1. The largest absolute Gasteiger partial charge is 0.348 e. The summed E-state index contributed by atoms with van der Waals surface area (Å²) in [4.78, 5) is 11.7. The van der Waals surface area contributed by atoms with Crippen LogP contribution in [0.25, 0.3) is 0 Å². The van der Waals surface area contributed by atoms with Gasteiger partial charge in [0.05, 0.1) is 18.8 Å². The second-order valence-corrected chi connectivity index (χ2v) is 9.61. The van der Waals surface area contributed by atoms with Crippen molar-refractivity contribution in [2.45, 2.75) is 63.4 Å². The quantitative estimate of drug-likeness (QED) is 0.669. The molecular formula is C23H29BrFNO3. The molecule has 1 saturated heterocycles. The molecule has 1 aromatic carbocycles. The number of ether oxygens (including phenoxy) is 2. The van der Waals surface area contributed by atoms with E-state index in [9.17, 15) is 9.18 Å². The Kier molecular flexibility index (Phi) is 6.37. The molecule has 2 atom stereocenters. The van der Waals surface area contributed by atoms with Crippen LogP contribution in [0.15, 0.2) is 47.0 Å². The molecule has 29 heavy (non-hydrogen) atoms. The van der Waals surface area contributed by atoms with E-state index in [1.54, 1.807) is 13.0 Å². The third-order valence-electron chi connectivity index (χ3n) is 5.54. The Bertz CT molecular complexity index is 804. The number of rotatable bonds is 5. The lowest BCUT2D eigenvalue weighted by Gasteiger charge is -2.43. The summed E-state index contributed by atoms with van der Waals surface area (Å²) in [5.74, 6) is -1.05. The van der Waals surface area contributed by atoms with Gasteiger partial charge in [0, 0.05) is 17.3 Å². The highest BCUT2D eigenvalue weighted by atomic mass is 79.9. The van der Waals surface area contributed by atoms with Crippen LogP contribution < -0.4 is 5.32 Å². The molecule has 1 N–H and O–H groups in total. The maximum atomic E-state index is 15.0. The van der Waals surface area contributed by atoms with Crippen molar-refractivity contribution in [1.82, 2.24) is 5.32 Å². The molecule has 4 nitrogen and oxygen atoms in total. The fourth-order valence-corrected chi connectivity index (χ4v) is 4.46. The summed E-state index contributed by atoms with van der Waals surface area (Å²) >= 11 is 3.35. The average molecular weight is 466 g/mol. The highest BCUT2D eigenvalue weighted by Gasteiger charge is 2.40. The number of hydrogen-bond acceptors (Lipinski definition) is 3. The zero-order valence-electron chi connectivity index (χ0n) is 17.4. The van der Waals surface area contributed by atoms with Gasteiger partial charge in [-0.15, -0.1) is 0 Å². The smallest absolute Gasteiger partial charge is 0.217 e. The first-order valence-corrected chi connectivity index (χ1v) is 10.7. The van der Waals surface area contributed by atoms with Crippen molar-refractivity contribution in [3.63, 3.8) is 0 Å². The maximum Gasteiger partial charge on any atom is 0.217 e. The number of halogens is 2. The second kappa shape index (κ2) is 8.32. The van der Waals surface area contributed by atoms with E-state index in [1.165, 1.54) is 6.92 Å². The molecule has 0 bridgehead atoms. The number of allylic oxidation sites excluding steroid dienone is 4. The number of carbonyl (C=O) groups excluding carboxylic acids is 1. The number of nitrogens with one attached hydrogen (secondary N) is 1. The van der Waals surface area contributed by atoms with E-state index in [1.807, 2.05) is 50.3 Å². The molecule has 0 radical (unpaired) electrons. The molecular weight excluding hydrogens is 437 g/mol. The van der Waals surface area contributed by atoms with Gasteiger partial charge in [-0.1, -0.05) is 52.3 Å². The topological polar surface area (TPSA) is 47.6 Å². The van der Waals surface area contributed by atoms with Crippen molar-refractivity contribution in [1.29, 1.82) is 0 Å². The first-order chi connectivity index (χ1) is 13.5. The highest BCUT2D eigenvalue weighted by Crippen LogP contribution is 2.39. The van der Waals surface area contributed by atoms with E-state index in [0.29, 0.717) is 19.6 Å². The molecule has 1 aliphatic heterocycles. The summed E-state index contributed by atoms with van der Waals surface area (Å²) < 4.78 is 27.3. The number of carbonyl (C=O) groups is 1. The van der Waals surface area contributed by atoms with Crippen molar-refractivity contribution in [2.24, 2.45) is 0 Å². The van der Waals surface area contributed by atoms with Crippen LogP contribution in [-0.2, 0) is 20.7 Å². The zero-order valence-corrected chi connectivity index (χ0v) is 19.0. The van der Waals surface area contributed by atoms with Crippen LogP contribution in [0.2, 0.25) is 0 Å². The summed E-state index contributed by atoms with van der Waals surface area (Å²) in [7, 11) is 0. The molecule has 3 rings (SSSR count). The highest BCUT2D eigenvalue weighted by molar-refractivity contribution is 9.11. The van der Waals surface area contributed by atoms with E-state index >= 15 is 0 Å². The Hall–Kier alpha value is -1.50. The summed E-state index contributed by atoms with van der Waals surface area (Å²) in [6, 6.07) is 8.03. The molecule has 0 saturated carbocycles. The Morgan fingerprint density at radius 3 is 2.38 bits per heavy atom. The molecule has 1 aromatic rings. The van der Waals surface area contributed by atoms with Crippen molar-refractivity contribution >= 4 is 21.8 Å². The predicted molar refractivity (Wildman–Crippen MR) is 116 cm³/mol. The van der Waals surface area contributed by atoms with Crippen LogP contribution in [-0.4, -0.2) is 36.1 Å². The minimum absolute atomic E-state index is 0.0993. The van der Waals surface area contributed by atoms with Crippen LogP contribution >= 0.6 is 15.9 Å². The van der Waals surface area contributed by atoms with Gasteiger partial charge >= 0.3 is 0 Å². The number of amides is 1. The maximum absolute atomic E-state index is 15.0. The van der Waals surface area contributed by atoms with Gasteiger partial charge in [0.2, 0.25) is 5.91 Å². The van der Waals surface area contributed by atoms with Gasteiger partial charge in [-0.25, -0.2) is 4.39 Å². The predicted octanol–water partition coefficient (Wildman–Crippen LogP) is 4.94. The van der Waals surface area contributed by atoms with Crippen LogP contribution in [0.3, 0.4) is 0 Å². The molecule has 2 aliphatic rings. The third-order valence-corrected chi connectivity index (χ3v) is 6.03. The lowest BCUT2D eigenvalue weighted by atomic mass is 9.81. The summed E-state index contributed by atoms with van der Waals surface area (Å²) in [6.45, 7) is 7.66. The fraction of sp³-hybridized carbons (Fsp3) is 0.522. The number of aryl methyl sites for hydroxylation is 1. The van der Waals surface area contributed by atoms with E-state index in [-0.39, 0.29) is 11.8 Å². The molecule has 0 spiro atoms. The Morgan fingerprint density at radius 1 is 1.21 bits per heavy atom. The zero-order chi connectivity index (χ0) is 21.3. The normalized spacial score (nSPS) is 27.9. The first kappa shape index (κ1) is 22.2. The van der Waals surface area contributed by atoms with Crippen LogP contribution in [0.4, 0.5) is 4.39 Å². The third kappa shape index (κ3) is 5.56. The van der Waals surface area contributed by atoms with Crippen molar-refractivity contribution in [3.05, 3.63) is 58.1 Å². The van der Waals surface area contributed by atoms with E-state index in [4.69, 9.17) is 9.47 Å². The van der Waals surface area contributed by atoms with Gasteiger partial charge in [-0.2, -0.15) is 0 Å². The summed E-state index contributed by atoms with van der Waals surface area (Å²) in [6.07, 6.45) is 6.84. The standard InChI is InChI=1S/C23H29BrFNO3/c1-16(27)26-23(14-28-21(2,3)29-15-23)12-11-17-5-7-18(8-6-17)20-10-9-19(24)13-22(20,4)25/h5-10,13,20H,11-12,14-15H2,1-4H3,(H,26,27). The van der Waals surface area contributed by atoms with Crippen molar-refractivity contribution in [2.75, 3.05) is 13.2 Å². The summed E-state index contributed by atoms with van der Waals surface area (Å²) in [5.41, 5.74) is 0.0868. The van der Waals surface area contributed by atoms with Gasteiger partial charge in [0.25, 0.3) is 0 Å². The van der Waals surface area contributed by atoms with Crippen molar-refractivity contribution in [3.8, 4) is 0 Å². The fourth-order valence-electron chi connectivity index (χ4n) is 3.86. The second-order valence-electron chi connectivity index (χ2n) is 8.70. The van der Waals surface area contributed by atoms with E-state index in [2.05, 4.69) is 21.2 Å². The Balaban J connectivity index is 1.67. The van der Waals surface area contributed by atoms with Gasteiger partial charge in [0.15, 0.2) is 5.79 Å². The molecule has 158 valence electrons. The molecule has 0 aromatic heterocycles. The lowest BCUT2D eigenvalue weighted by Crippen LogP contribution is -2.60. The molecule has 1 aliphatic carbocycles. The van der Waals surface area contributed by atoms with Crippen LogP contribution in [0.5, 0.6) is 0 Å². The number of hydrogen-bond donors (Lipinski definition) is 1.